The minimum atomic E-state index is -0.843. The fourth-order valence-electron chi connectivity index (χ4n) is 1.95. The van der Waals surface area contributed by atoms with E-state index in [1.807, 2.05) is 12.1 Å². The summed E-state index contributed by atoms with van der Waals surface area (Å²) in [6.45, 7) is 0.145. The van der Waals surface area contributed by atoms with Crippen molar-refractivity contribution in [3.63, 3.8) is 0 Å². The predicted molar refractivity (Wildman–Crippen MR) is 84.8 cm³/mol. The number of carbonyl (C=O) groups is 1. The molecule has 2 rings (SSSR count). The molecule has 5 nitrogen and oxygen atoms in total. The maximum Gasteiger partial charge on any atom is 0.321 e. The predicted octanol–water partition coefficient (Wildman–Crippen LogP) is 2.26. The molecule has 2 N–H and O–H groups in total. The first-order chi connectivity index (χ1) is 10.1. The Hall–Kier alpha value is -1.36. The van der Waals surface area contributed by atoms with Crippen LogP contribution in [0.2, 0.25) is 0 Å². The number of aliphatic carboxylic acids is 1. The lowest BCUT2D eigenvalue weighted by Gasteiger charge is -2.16. The average molecular weight is 372 g/mol. The SMILES string of the molecule is C#CCOc1c(Br)cc([C@@H]2N[C@@H](C(=O)O)CS2)cc1OC. The lowest BCUT2D eigenvalue weighted by atomic mass is 10.2. The Morgan fingerprint density at radius 1 is 1.67 bits per heavy atom. The summed E-state index contributed by atoms with van der Waals surface area (Å²) < 4.78 is 11.5. The Bertz CT molecular complexity index is 587. The number of rotatable bonds is 5. The molecule has 1 fully saturated rings. The molecule has 1 heterocycles. The number of nitrogens with one attached hydrogen (secondary N) is 1. The van der Waals surface area contributed by atoms with Crippen LogP contribution in [0.15, 0.2) is 16.6 Å². The summed E-state index contributed by atoms with van der Waals surface area (Å²) in [6, 6.07) is 3.16. The van der Waals surface area contributed by atoms with E-state index in [4.69, 9.17) is 21.0 Å². The third kappa shape index (κ3) is 3.64. The van der Waals surface area contributed by atoms with E-state index >= 15 is 0 Å². The first-order valence-electron chi connectivity index (χ1n) is 6.11. The van der Waals surface area contributed by atoms with Crippen LogP contribution >= 0.6 is 27.7 Å². The van der Waals surface area contributed by atoms with Crippen LogP contribution < -0.4 is 14.8 Å². The quantitative estimate of drug-likeness (QED) is 0.773. The van der Waals surface area contributed by atoms with Crippen LogP contribution in [-0.2, 0) is 4.79 Å². The van der Waals surface area contributed by atoms with E-state index in [0.717, 1.165) is 5.56 Å². The first-order valence-corrected chi connectivity index (χ1v) is 7.95. The van der Waals surface area contributed by atoms with Gasteiger partial charge in [-0.05, 0) is 33.6 Å². The number of benzene rings is 1. The Kier molecular flexibility index (Phi) is 5.39. The van der Waals surface area contributed by atoms with Crippen molar-refractivity contribution in [2.45, 2.75) is 11.4 Å². The second-order valence-corrected chi connectivity index (χ2v) is 6.29. The number of carboxylic acids is 1. The summed E-state index contributed by atoms with van der Waals surface area (Å²) in [5.74, 6) is 3.17. The van der Waals surface area contributed by atoms with E-state index in [1.165, 1.54) is 0 Å². The summed E-state index contributed by atoms with van der Waals surface area (Å²) >= 11 is 4.98. The summed E-state index contributed by atoms with van der Waals surface area (Å²) in [5, 5.41) is 12.0. The van der Waals surface area contributed by atoms with E-state index in [2.05, 4.69) is 27.2 Å². The second kappa shape index (κ2) is 7.07. The van der Waals surface area contributed by atoms with Gasteiger partial charge in [0.15, 0.2) is 11.5 Å². The Morgan fingerprint density at radius 3 is 3.00 bits per heavy atom. The highest BCUT2D eigenvalue weighted by Crippen LogP contribution is 2.41. The topological polar surface area (TPSA) is 67.8 Å². The zero-order valence-corrected chi connectivity index (χ0v) is 13.7. The molecule has 1 saturated heterocycles. The van der Waals surface area contributed by atoms with Gasteiger partial charge in [0.2, 0.25) is 0 Å². The van der Waals surface area contributed by atoms with Gasteiger partial charge >= 0.3 is 5.97 Å². The number of carboxylic acid groups (broad SMARTS) is 1. The second-order valence-electron chi connectivity index (χ2n) is 4.30. The molecule has 1 aromatic rings. The molecule has 0 spiro atoms. The summed E-state index contributed by atoms with van der Waals surface area (Å²) in [6.07, 6.45) is 5.19. The molecule has 1 aromatic carbocycles. The molecule has 1 aliphatic rings. The van der Waals surface area contributed by atoms with E-state index in [1.54, 1.807) is 18.9 Å². The van der Waals surface area contributed by atoms with Gasteiger partial charge in [-0.2, -0.15) is 0 Å². The number of ether oxygens (including phenoxy) is 2. The number of terminal acetylenes is 1. The van der Waals surface area contributed by atoms with Gasteiger partial charge in [0.25, 0.3) is 0 Å². The molecule has 0 bridgehead atoms. The molecule has 0 radical (unpaired) electrons. The van der Waals surface area contributed by atoms with Gasteiger partial charge in [-0.1, -0.05) is 5.92 Å². The zero-order chi connectivity index (χ0) is 15.4. The highest BCUT2D eigenvalue weighted by atomic mass is 79.9. The van der Waals surface area contributed by atoms with E-state index in [-0.39, 0.29) is 12.0 Å². The molecule has 0 amide bonds. The van der Waals surface area contributed by atoms with Gasteiger partial charge in [0, 0.05) is 5.75 Å². The van der Waals surface area contributed by atoms with Crippen LogP contribution in [0.5, 0.6) is 11.5 Å². The molecule has 7 heteroatoms. The smallest absolute Gasteiger partial charge is 0.321 e. The standard InChI is InChI=1S/C14H14BrNO4S/c1-3-4-20-12-9(15)5-8(6-11(12)19-2)13-16-10(7-21-13)14(17)18/h1,5-6,10,13,16H,4,7H2,2H3,(H,17,18)/t10-,13-/m1/s1. The van der Waals surface area contributed by atoms with Crippen LogP contribution in [-0.4, -0.2) is 36.6 Å². The van der Waals surface area contributed by atoms with Crippen LogP contribution in [0.3, 0.4) is 0 Å². The molecular formula is C14H14BrNO4S. The van der Waals surface area contributed by atoms with E-state index < -0.39 is 12.0 Å². The van der Waals surface area contributed by atoms with Crippen molar-refractivity contribution in [1.29, 1.82) is 0 Å². The summed E-state index contributed by atoms with van der Waals surface area (Å²) in [4.78, 5) is 11.0. The molecule has 112 valence electrons. The molecule has 21 heavy (non-hydrogen) atoms. The molecular weight excluding hydrogens is 358 g/mol. The summed E-state index contributed by atoms with van der Waals surface area (Å²) in [5.41, 5.74) is 0.917. The van der Waals surface area contributed by atoms with Crippen molar-refractivity contribution in [2.75, 3.05) is 19.5 Å². The fraction of sp³-hybridized carbons (Fsp3) is 0.357. The van der Waals surface area contributed by atoms with Gasteiger partial charge < -0.3 is 14.6 Å². The minimum Gasteiger partial charge on any atom is -0.493 e. The zero-order valence-electron chi connectivity index (χ0n) is 11.3. The molecule has 0 saturated carbocycles. The number of thioether (sulfide) groups is 1. The molecule has 2 atom stereocenters. The van der Waals surface area contributed by atoms with Gasteiger partial charge in [-0.25, -0.2) is 0 Å². The van der Waals surface area contributed by atoms with Crippen molar-refractivity contribution in [3.8, 4) is 23.8 Å². The first kappa shape index (κ1) is 16.0. The van der Waals surface area contributed by atoms with E-state index in [0.29, 0.717) is 21.7 Å². The Balaban J connectivity index is 2.24. The maximum absolute atomic E-state index is 11.0. The lowest BCUT2D eigenvalue weighted by molar-refractivity contribution is -0.138. The van der Waals surface area contributed by atoms with Crippen LogP contribution in [0.4, 0.5) is 0 Å². The van der Waals surface area contributed by atoms with Gasteiger partial charge in [0.1, 0.15) is 12.6 Å². The van der Waals surface area contributed by atoms with Crippen LogP contribution in [0.1, 0.15) is 10.9 Å². The number of methoxy groups -OCH3 is 1. The van der Waals surface area contributed by atoms with Crippen molar-refractivity contribution in [2.24, 2.45) is 0 Å². The van der Waals surface area contributed by atoms with Gasteiger partial charge in [0.05, 0.1) is 17.0 Å². The Morgan fingerprint density at radius 2 is 2.43 bits per heavy atom. The fourth-order valence-corrected chi connectivity index (χ4v) is 3.74. The third-order valence-corrected chi connectivity index (χ3v) is 4.79. The number of halogens is 1. The van der Waals surface area contributed by atoms with E-state index in [9.17, 15) is 4.79 Å². The molecule has 0 aliphatic carbocycles. The Labute approximate surface area is 135 Å². The molecule has 0 aromatic heterocycles. The number of hydrogen-bond acceptors (Lipinski definition) is 5. The largest absolute Gasteiger partial charge is 0.493 e. The lowest BCUT2D eigenvalue weighted by Crippen LogP contribution is -2.33. The highest BCUT2D eigenvalue weighted by Gasteiger charge is 2.31. The van der Waals surface area contributed by atoms with Crippen LogP contribution in [0.25, 0.3) is 0 Å². The number of hydrogen-bond donors (Lipinski definition) is 2. The van der Waals surface area contributed by atoms with Gasteiger partial charge in [-0.15, -0.1) is 18.2 Å². The van der Waals surface area contributed by atoms with Crippen molar-refractivity contribution in [1.82, 2.24) is 5.32 Å². The normalized spacial score (nSPS) is 20.8. The van der Waals surface area contributed by atoms with Crippen molar-refractivity contribution in [3.05, 3.63) is 22.2 Å². The highest BCUT2D eigenvalue weighted by molar-refractivity contribution is 9.10. The molecule has 1 aliphatic heterocycles. The summed E-state index contributed by atoms with van der Waals surface area (Å²) in [7, 11) is 1.55. The third-order valence-electron chi connectivity index (χ3n) is 2.93. The van der Waals surface area contributed by atoms with Gasteiger partial charge in [-0.3, -0.25) is 10.1 Å². The van der Waals surface area contributed by atoms with Crippen LogP contribution in [0, 0.1) is 12.3 Å². The maximum atomic E-state index is 11.0. The van der Waals surface area contributed by atoms with Crippen molar-refractivity contribution < 1.29 is 19.4 Å². The monoisotopic (exact) mass is 371 g/mol. The minimum absolute atomic E-state index is 0.0991. The molecule has 0 unspecified atom stereocenters. The van der Waals surface area contributed by atoms with Crippen molar-refractivity contribution >= 4 is 33.7 Å². The average Bonchev–Trinajstić information content (AvgIpc) is 2.95.